The van der Waals surface area contributed by atoms with Gasteiger partial charge in [-0.2, -0.15) is 0 Å². The summed E-state index contributed by atoms with van der Waals surface area (Å²) in [6.07, 6.45) is 3.92. The highest BCUT2D eigenvalue weighted by molar-refractivity contribution is 6.13. The molecule has 0 aliphatic heterocycles. The fraction of sp³-hybridized carbons (Fsp3) is 0.394. The summed E-state index contributed by atoms with van der Waals surface area (Å²) >= 11 is 0. The van der Waals surface area contributed by atoms with E-state index in [0.717, 1.165) is 47.1 Å². The van der Waals surface area contributed by atoms with Crippen LogP contribution in [0.25, 0.3) is 0 Å². The molecule has 0 amide bonds. The van der Waals surface area contributed by atoms with Gasteiger partial charge in [0.2, 0.25) is 0 Å². The Hall–Kier alpha value is -3.60. The molecule has 0 aromatic heterocycles. The number of carbonyl (C=O) groups excluding carboxylic acids is 4. The Balaban J connectivity index is 1.13. The average molecular weight is 505 g/mol. The number of Topliss-reactive ketones (excluding diaryl/α,β-unsaturated/α-hetero) is 2. The summed E-state index contributed by atoms with van der Waals surface area (Å²) in [5.41, 5.74) is 4.38. The van der Waals surface area contributed by atoms with E-state index in [1.54, 1.807) is 6.92 Å². The number of benzene rings is 2. The van der Waals surface area contributed by atoms with Gasteiger partial charge in [0.05, 0.1) is 0 Å². The molecule has 8 rings (SSSR count). The first-order chi connectivity index (χ1) is 18.3. The summed E-state index contributed by atoms with van der Waals surface area (Å²) in [6, 6.07) is 15.5. The van der Waals surface area contributed by atoms with Crippen LogP contribution in [0.1, 0.15) is 59.2 Å². The third-order valence-electron chi connectivity index (χ3n) is 10.7. The molecule has 0 saturated heterocycles. The van der Waals surface area contributed by atoms with E-state index >= 15 is 0 Å². The topological polar surface area (TPSA) is 77.5 Å². The third kappa shape index (κ3) is 2.53. The quantitative estimate of drug-likeness (QED) is 0.430. The van der Waals surface area contributed by atoms with Crippen LogP contribution in [-0.2, 0) is 19.1 Å². The molecule has 2 aromatic rings. The lowest BCUT2D eigenvalue weighted by Gasteiger charge is -2.51. The van der Waals surface area contributed by atoms with E-state index in [0.29, 0.717) is 5.57 Å². The molecule has 2 bridgehead atoms. The lowest BCUT2D eigenvalue weighted by atomic mass is 9.50. The van der Waals surface area contributed by atoms with Gasteiger partial charge in [0, 0.05) is 57.6 Å². The summed E-state index contributed by atoms with van der Waals surface area (Å²) in [5, 5.41) is 0. The van der Waals surface area contributed by atoms with Gasteiger partial charge in [0.1, 0.15) is 11.9 Å². The maximum absolute atomic E-state index is 14.3. The maximum atomic E-state index is 14.3. The Labute approximate surface area is 220 Å². The summed E-state index contributed by atoms with van der Waals surface area (Å²) in [5.74, 6) is -0.868. The first-order valence-electron chi connectivity index (χ1n) is 13.7. The number of rotatable bonds is 5. The van der Waals surface area contributed by atoms with Gasteiger partial charge >= 0.3 is 5.97 Å². The molecule has 5 nitrogen and oxygen atoms in total. The molecule has 4 fully saturated rings. The first kappa shape index (κ1) is 22.4. The number of hydrogen-bond donors (Lipinski definition) is 0. The Bertz CT molecular complexity index is 1500. The van der Waals surface area contributed by atoms with Crippen molar-refractivity contribution in [3.63, 3.8) is 0 Å². The molecule has 8 unspecified atom stereocenters. The summed E-state index contributed by atoms with van der Waals surface area (Å²) in [7, 11) is 0. The number of hydrogen-bond acceptors (Lipinski definition) is 5. The molecule has 1 spiro atoms. The first-order valence-corrected chi connectivity index (χ1v) is 13.7. The lowest BCUT2D eigenvalue weighted by molar-refractivity contribution is -0.162. The van der Waals surface area contributed by atoms with Crippen molar-refractivity contribution in [1.82, 2.24) is 0 Å². The number of carbonyl (C=O) groups is 4. The molecule has 6 aliphatic carbocycles. The molecule has 38 heavy (non-hydrogen) atoms. The standard InChI is InChI=1S/C33H28O5/c1-15(2)32(37)38-31-22-14-33-23(11-12-24(31)33)30(36)27(33)26(22)29(35)21-13-20(21)25-16-7-3-5-9-18(16)28(34)19-10-6-4-8-17(19)25/h3-11,20-22,24-27,31H,1,12-14H2,2H3. The predicted molar refractivity (Wildman–Crippen MR) is 138 cm³/mol. The van der Waals surface area contributed by atoms with Crippen LogP contribution in [0.5, 0.6) is 0 Å². The van der Waals surface area contributed by atoms with Gasteiger partial charge in [-0.05, 0) is 48.8 Å². The fourth-order valence-corrected chi connectivity index (χ4v) is 9.23. The van der Waals surface area contributed by atoms with Gasteiger partial charge in [-0.1, -0.05) is 61.2 Å². The highest BCUT2D eigenvalue weighted by Crippen LogP contribution is 2.77. The van der Waals surface area contributed by atoms with E-state index in [4.69, 9.17) is 4.74 Å². The van der Waals surface area contributed by atoms with Crippen LogP contribution in [-0.4, -0.2) is 29.4 Å². The number of fused-ring (bicyclic) bond motifs is 3. The van der Waals surface area contributed by atoms with Crippen molar-refractivity contribution in [3.8, 4) is 0 Å². The molecule has 0 radical (unpaired) electrons. The zero-order valence-electron chi connectivity index (χ0n) is 21.2. The largest absolute Gasteiger partial charge is 0.458 e. The summed E-state index contributed by atoms with van der Waals surface area (Å²) in [4.78, 5) is 53.3. The van der Waals surface area contributed by atoms with Crippen LogP contribution in [0.3, 0.4) is 0 Å². The smallest absolute Gasteiger partial charge is 0.333 e. The molecular weight excluding hydrogens is 476 g/mol. The van der Waals surface area contributed by atoms with Crippen LogP contribution in [0.15, 0.2) is 72.3 Å². The van der Waals surface area contributed by atoms with Crippen molar-refractivity contribution in [2.45, 2.75) is 38.2 Å². The minimum atomic E-state index is -0.412. The van der Waals surface area contributed by atoms with E-state index < -0.39 is 11.9 Å². The van der Waals surface area contributed by atoms with Gasteiger partial charge < -0.3 is 4.74 Å². The molecule has 0 N–H and O–H groups in total. The summed E-state index contributed by atoms with van der Waals surface area (Å²) < 4.78 is 5.98. The second kappa shape index (κ2) is 7.28. The zero-order chi connectivity index (χ0) is 26.1. The fourth-order valence-electron chi connectivity index (χ4n) is 9.23. The predicted octanol–water partition coefficient (Wildman–Crippen LogP) is 4.84. The second-order valence-electron chi connectivity index (χ2n) is 12.3. The van der Waals surface area contributed by atoms with Gasteiger partial charge in [-0.15, -0.1) is 0 Å². The van der Waals surface area contributed by atoms with Crippen molar-refractivity contribution >= 4 is 23.3 Å². The normalized spacial score (nSPS) is 37.1. The van der Waals surface area contributed by atoms with Crippen LogP contribution >= 0.6 is 0 Å². The highest BCUT2D eigenvalue weighted by atomic mass is 16.5. The summed E-state index contributed by atoms with van der Waals surface area (Å²) in [6.45, 7) is 5.39. The molecule has 6 aliphatic rings. The number of ketones is 3. The molecule has 8 atom stereocenters. The Kier molecular flexibility index (Phi) is 4.29. The van der Waals surface area contributed by atoms with E-state index in [2.05, 4.69) is 6.58 Å². The number of allylic oxidation sites excluding steroid dienone is 2. The minimum Gasteiger partial charge on any atom is -0.458 e. The van der Waals surface area contributed by atoms with E-state index in [9.17, 15) is 19.2 Å². The number of esters is 1. The molecule has 4 saturated carbocycles. The van der Waals surface area contributed by atoms with Crippen molar-refractivity contribution < 1.29 is 23.9 Å². The van der Waals surface area contributed by atoms with Crippen LogP contribution in [0.4, 0.5) is 0 Å². The van der Waals surface area contributed by atoms with Crippen molar-refractivity contribution in [2.24, 2.45) is 40.9 Å². The number of ether oxygens (including phenoxy) is 1. The Morgan fingerprint density at radius 3 is 2.29 bits per heavy atom. The van der Waals surface area contributed by atoms with Crippen LogP contribution < -0.4 is 0 Å². The van der Waals surface area contributed by atoms with Crippen molar-refractivity contribution in [2.75, 3.05) is 0 Å². The SMILES string of the molecule is C=C(C)C(=O)OC1C2CC34C(=CCC13)C(=O)C4C2C(=O)C1CC1C1c2ccccc2C(=O)c2ccccc21. The Morgan fingerprint density at radius 2 is 1.63 bits per heavy atom. The molecule has 5 heteroatoms. The van der Waals surface area contributed by atoms with Crippen molar-refractivity contribution in [1.29, 1.82) is 0 Å². The van der Waals surface area contributed by atoms with Gasteiger partial charge in [0.15, 0.2) is 11.6 Å². The van der Waals surface area contributed by atoms with E-state index in [-0.39, 0.29) is 64.4 Å². The van der Waals surface area contributed by atoms with Crippen LogP contribution in [0.2, 0.25) is 0 Å². The molecular formula is C33H28O5. The second-order valence-corrected chi connectivity index (χ2v) is 12.3. The van der Waals surface area contributed by atoms with Gasteiger partial charge in [-0.3, -0.25) is 14.4 Å². The molecule has 0 heterocycles. The molecule has 2 aromatic carbocycles. The van der Waals surface area contributed by atoms with E-state index in [1.165, 1.54) is 0 Å². The van der Waals surface area contributed by atoms with E-state index in [1.807, 2.05) is 54.6 Å². The van der Waals surface area contributed by atoms with Gasteiger partial charge in [-0.25, -0.2) is 4.79 Å². The van der Waals surface area contributed by atoms with Crippen molar-refractivity contribution in [3.05, 3.63) is 94.6 Å². The maximum Gasteiger partial charge on any atom is 0.333 e. The molecule has 190 valence electrons. The average Bonchev–Trinajstić information content (AvgIpc) is 3.40. The Morgan fingerprint density at radius 1 is 0.974 bits per heavy atom. The highest BCUT2D eigenvalue weighted by Gasteiger charge is 2.80. The third-order valence-corrected chi connectivity index (χ3v) is 10.7. The van der Waals surface area contributed by atoms with Crippen LogP contribution in [0, 0.1) is 40.9 Å². The lowest BCUT2D eigenvalue weighted by Crippen LogP contribution is -2.58. The zero-order valence-corrected chi connectivity index (χ0v) is 21.2. The minimum absolute atomic E-state index is 0.0189. The van der Waals surface area contributed by atoms with Gasteiger partial charge in [0.25, 0.3) is 0 Å². The monoisotopic (exact) mass is 504 g/mol.